The van der Waals surface area contributed by atoms with E-state index in [1.165, 1.54) is 64.2 Å². The summed E-state index contributed by atoms with van der Waals surface area (Å²) in [7, 11) is 0. The Bertz CT molecular complexity index is 1780. The zero-order valence-corrected chi connectivity index (χ0v) is 36.7. The number of carbonyl (C=O) groups excluding carboxylic acids is 3. The number of amides is 3. The first kappa shape index (κ1) is 49.8. The first-order valence-electron chi connectivity index (χ1n) is 22.9. The van der Waals surface area contributed by atoms with Gasteiger partial charge < -0.3 is 21.5 Å². The number of hydrogen-bond acceptors (Lipinski definition) is 5. The first-order chi connectivity index (χ1) is 29.9. The van der Waals surface area contributed by atoms with Crippen LogP contribution >= 0.6 is 0 Å². The number of aromatic hydroxyl groups is 1. The highest BCUT2D eigenvalue weighted by atomic mass is 16.3. The van der Waals surface area contributed by atoms with E-state index in [-0.39, 0.29) is 42.5 Å². The lowest BCUT2D eigenvalue weighted by Gasteiger charge is -2.23. The summed E-state index contributed by atoms with van der Waals surface area (Å²) in [5, 5.41) is 18.2. The second-order valence-corrected chi connectivity index (χ2v) is 15.8. The third kappa shape index (κ3) is 23.2. The van der Waals surface area contributed by atoms with Crippen molar-refractivity contribution in [3.63, 3.8) is 0 Å². The summed E-state index contributed by atoms with van der Waals surface area (Å²) in [6, 6.07) is 24.7. The van der Waals surface area contributed by atoms with E-state index < -0.39 is 12.0 Å². The fourth-order valence-electron chi connectivity index (χ4n) is 7.10. The number of unbranched alkanes of at least 4 members (excludes halogenated alkanes) is 16. The SMILES string of the molecule is CCCCCCCCCCCCC#CC#CCCCCCCCCC(=O)NC(N)=NCCC[C@@H](NC(=O)C(c1ccccc1)c1ccccc1)C(=O)NCc1ccc(O)cc1. The lowest BCUT2D eigenvalue weighted by atomic mass is 9.90. The van der Waals surface area contributed by atoms with Gasteiger partial charge in [-0.3, -0.25) is 24.7 Å². The molecule has 3 amide bonds. The zero-order chi connectivity index (χ0) is 43.6. The normalized spacial score (nSPS) is 11.5. The van der Waals surface area contributed by atoms with Crippen molar-refractivity contribution in [3.05, 3.63) is 102 Å². The van der Waals surface area contributed by atoms with E-state index >= 15 is 0 Å². The molecule has 0 spiro atoms. The average molecular weight is 830 g/mol. The van der Waals surface area contributed by atoms with Gasteiger partial charge in [0.15, 0.2) is 5.96 Å². The molecule has 3 aromatic carbocycles. The number of hydrogen-bond donors (Lipinski definition) is 5. The Balaban J connectivity index is 1.32. The third-order valence-corrected chi connectivity index (χ3v) is 10.6. The number of nitrogens with zero attached hydrogens (tertiary/aromatic N) is 1. The largest absolute Gasteiger partial charge is 0.508 e. The summed E-state index contributed by atoms with van der Waals surface area (Å²) in [4.78, 5) is 44.2. The van der Waals surface area contributed by atoms with Gasteiger partial charge in [0.25, 0.3) is 0 Å². The molecule has 9 heteroatoms. The Hall–Kier alpha value is -5.54. The van der Waals surface area contributed by atoms with Crippen molar-refractivity contribution in [1.82, 2.24) is 16.0 Å². The second kappa shape index (κ2) is 32.3. The van der Waals surface area contributed by atoms with Gasteiger partial charge in [-0.1, -0.05) is 175 Å². The van der Waals surface area contributed by atoms with Gasteiger partial charge in [-0.05, 0) is 72.8 Å². The van der Waals surface area contributed by atoms with Crippen molar-refractivity contribution in [1.29, 1.82) is 0 Å². The molecule has 0 radical (unpaired) electrons. The molecule has 6 N–H and O–H groups in total. The van der Waals surface area contributed by atoms with Crippen LogP contribution in [0.1, 0.15) is 164 Å². The summed E-state index contributed by atoms with van der Waals surface area (Å²) < 4.78 is 0. The molecule has 328 valence electrons. The topological polar surface area (TPSA) is 146 Å². The van der Waals surface area contributed by atoms with E-state index in [0.29, 0.717) is 19.3 Å². The van der Waals surface area contributed by atoms with Gasteiger partial charge in [0.2, 0.25) is 17.7 Å². The fourth-order valence-corrected chi connectivity index (χ4v) is 7.10. The summed E-state index contributed by atoms with van der Waals surface area (Å²) >= 11 is 0. The predicted octanol–water partition coefficient (Wildman–Crippen LogP) is 9.97. The summed E-state index contributed by atoms with van der Waals surface area (Å²) in [6.07, 6.45) is 22.5. The van der Waals surface area contributed by atoms with Gasteiger partial charge >= 0.3 is 0 Å². The number of carbonyl (C=O) groups is 3. The fraction of sp³-hybridized carbons (Fsp3) is 0.500. The zero-order valence-electron chi connectivity index (χ0n) is 36.7. The number of nitrogens with two attached hydrogens (primary N) is 1. The van der Waals surface area contributed by atoms with Crippen LogP contribution in [-0.2, 0) is 20.9 Å². The van der Waals surface area contributed by atoms with Crippen molar-refractivity contribution in [2.24, 2.45) is 10.7 Å². The number of nitrogens with one attached hydrogen (secondary N) is 3. The van der Waals surface area contributed by atoms with Gasteiger partial charge in [-0.15, -0.1) is 0 Å². The quantitative estimate of drug-likeness (QED) is 0.0205. The van der Waals surface area contributed by atoms with Crippen molar-refractivity contribution < 1.29 is 19.5 Å². The molecule has 0 aliphatic heterocycles. The number of phenolic OH excluding ortho intramolecular Hbond substituents is 1. The van der Waals surface area contributed by atoms with Crippen LogP contribution < -0.4 is 21.7 Å². The lowest BCUT2D eigenvalue weighted by Crippen LogP contribution is -2.48. The van der Waals surface area contributed by atoms with Crippen LogP contribution in [0.3, 0.4) is 0 Å². The van der Waals surface area contributed by atoms with Crippen LogP contribution in [0.15, 0.2) is 89.9 Å². The third-order valence-electron chi connectivity index (χ3n) is 10.6. The van der Waals surface area contributed by atoms with E-state index in [2.05, 4.69) is 51.5 Å². The van der Waals surface area contributed by atoms with Crippen LogP contribution in [0, 0.1) is 23.7 Å². The van der Waals surface area contributed by atoms with E-state index in [1.807, 2.05) is 60.7 Å². The molecule has 0 fully saturated rings. The molecule has 0 aliphatic rings. The molecule has 3 aromatic rings. The molecule has 0 aromatic heterocycles. The highest BCUT2D eigenvalue weighted by Gasteiger charge is 2.27. The minimum atomic E-state index is -0.846. The molecule has 9 nitrogen and oxygen atoms in total. The standard InChI is InChI=1S/C52H71N5O4/c1-2-3-4-5-6-7-8-9-10-11-12-13-14-15-16-17-18-19-20-21-22-29-36-48(59)57-52(53)54-41-30-35-47(50(60)55-42-43-37-39-46(58)40-38-43)56-51(61)49(44-31-25-23-26-32-44)45-33-27-24-28-34-45/h23-28,31-34,37-40,47,49,58H,2-12,17-22,29-30,35-36,41-42H2,1H3,(H,55,60)(H,56,61)(H3,53,54,57,59)/t47-/m1/s1. The van der Waals surface area contributed by atoms with E-state index in [4.69, 9.17) is 5.73 Å². The second-order valence-electron chi connectivity index (χ2n) is 15.8. The van der Waals surface area contributed by atoms with E-state index in [9.17, 15) is 19.5 Å². The van der Waals surface area contributed by atoms with Gasteiger partial charge in [0, 0.05) is 32.4 Å². The Kier molecular flexibility index (Phi) is 26.3. The Morgan fingerprint density at radius 2 is 1.15 bits per heavy atom. The maximum absolute atomic E-state index is 13.9. The number of aliphatic imine (C=N–C) groups is 1. The maximum Gasteiger partial charge on any atom is 0.242 e. The first-order valence-corrected chi connectivity index (χ1v) is 22.9. The number of benzene rings is 3. The van der Waals surface area contributed by atoms with Crippen molar-refractivity contribution in [2.75, 3.05) is 6.54 Å². The monoisotopic (exact) mass is 830 g/mol. The molecular formula is C52H71N5O4. The average Bonchev–Trinajstić information content (AvgIpc) is 3.27. The van der Waals surface area contributed by atoms with Crippen LogP contribution in [-0.4, -0.2) is 41.4 Å². The van der Waals surface area contributed by atoms with Crippen LogP contribution in [0.4, 0.5) is 0 Å². The molecule has 0 unspecified atom stereocenters. The number of rotatable bonds is 29. The molecule has 0 saturated heterocycles. The van der Waals surface area contributed by atoms with Crippen molar-refractivity contribution >= 4 is 23.7 Å². The Morgan fingerprint density at radius 3 is 1.69 bits per heavy atom. The molecule has 0 heterocycles. The molecule has 61 heavy (non-hydrogen) atoms. The molecular weight excluding hydrogens is 759 g/mol. The van der Waals surface area contributed by atoms with Gasteiger partial charge in [-0.25, -0.2) is 0 Å². The van der Waals surface area contributed by atoms with E-state index in [0.717, 1.165) is 68.1 Å². The lowest BCUT2D eigenvalue weighted by molar-refractivity contribution is -0.129. The Morgan fingerprint density at radius 1 is 0.639 bits per heavy atom. The summed E-state index contributed by atoms with van der Waals surface area (Å²) in [5.41, 5.74) is 8.48. The molecule has 0 saturated carbocycles. The number of phenols is 1. The maximum atomic E-state index is 13.9. The minimum Gasteiger partial charge on any atom is -0.508 e. The number of guanidine groups is 1. The summed E-state index contributed by atoms with van der Waals surface area (Å²) in [6.45, 7) is 2.76. The highest BCUT2D eigenvalue weighted by molar-refractivity contribution is 5.96. The molecule has 1 atom stereocenters. The van der Waals surface area contributed by atoms with Crippen LogP contribution in [0.5, 0.6) is 5.75 Å². The molecule has 0 bridgehead atoms. The summed E-state index contributed by atoms with van der Waals surface area (Å²) in [5.74, 6) is 11.2. The molecule has 3 rings (SSSR count). The smallest absolute Gasteiger partial charge is 0.242 e. The highest BCUT2D eigenvalue weighted by Crippen LogP contribution is 2.25. The molecule has 0 aliphatic carbocycles. The van der Waals surface area contributed by atoms with Crippen molar-refractivity contribution in [3.8, 4) is 29.4 Å². The predicted molar refractivity (Wildman–Crippen MR) is 249 cm³/mol. The van der Waals surface area contributed by atoms with E-state index in [1.54, 1.807) is 24.3 Å². The minimum absolute atomic E-state index is 0.0418. The van der Waals surface area contributed by atoms with Gasteiger partial charge in [0.1, 0.15) is 11.8 Å². The Labute approximate surface area is 366 Å². The van der Waals surface area contributed by atoms with Gasteiger partial charge in [0.05, 0.1) is 5.92 Å². The van der Waals surface area contributed by atoms with Crippen LogP contribution in [0.2, 0.25) is 0 Å². The van der Waals surface area contributed by atoms with Gasteiger partial charge in [-0.2, -0.15) is 0 Å². The van der Waals surface area contributed by atoms with Crippen molar-refractivity contribution in [2.45, 2.75) is 160 Å². The van der Waals surface area contributed by atoms with Crippen LogP contribution in [0.25, 0.3) is 0 Å².